The Balaban J connectivity index is 1.99. The summed E-state index contributed by atoms with van der Waals surface area (Å²) >= 11 is 0. The molecule has 2 rings (SSSR count). The highest BCUT2D eigenvalue weighted by Crippen LogP contribution is 2.26. The van der Waals surface area contributed by atoms with Gasteiger partial charge in [-0.15, -0.1) is 0 Å². The van der Waals surface area contributed by atoms with Crippen molar-refractivity contribution in [2.45, 2.75) is 90.3 Å². The highest BCUT2D eigenvalue weighted by Gasteiger charge is 2.26. The minimum absolute atomic E-state index is 0.00111. The van der Waals surface area contributed by atoms with E-state index in [-0.39, 0.29) is 36.2 Å². The number of carbonyl (C=O) groups excluding carboxylic acids is 2. The van der Waals surface area contributed by atoms with Gasteiger partial charge in [-0.2, -0.15) is 0 Å². The molecule has 1 aliphatic rings. The van der Waals surface area contributed by atoms with Gasteiger partial charge in [-0.1, -0.05) is 63.8 Å². The van der Waals surface area contributed by atoms with Gasteiger partial charge >= 0.3 is 11.9 Å². The van der Waals surface area contributed by atoms with Crippen LogP contribution in [0.3, 0.4) is 0 Å². The Labute approximate surface area is 191 Å². The van der Waals surface area contributed by atoms with E-state index in [1.54, 1.807) is 12.1 Å². The molecule has 0 unspecified atom stereocenters. The summed E-state index contributed by atoms with van der Waals surface area (Å²) in [7, 11) is 0. The lowest BCUT2D eigenvalue weighted by molar-refractivity contribution is -0.144. The highest BCUT2D eigenvalue weighted by molar-refractivity contribution is 5.94. The summed E-state index contributed by atoms with van der Waals surface area (Å²) in [6.07, 6.45) is 10.1. The van der Waals surface area contributed by atoms with Crippen LogP contribution in [0.25, 0.3) is 0 Å². The number of aliphatic hydroxyl groups is 1. The SMILES string of the molecule is CCCCCCCC(=O)OCC[C@@H]1C[C@H](O)[C@H](C)C/C=C/Cc2cccc(O)c2C(=O)O1. The minimum Gasteiger partial charge on any atom is -0.507 e. The average Bonchev–Trinajstić information content (AvgIpc) is 2.75. The first kappa shape index (κ1) is 25.9. The number of esters is 2. The molecule has 0 spiro atoms. The number of cyclic esters (lactones) is 1. The molecular formula is C26H38O6. The first-order valence-corrected chi connectivity index (χ1v) is 11.9. The van der Waals surface area contributed by atoms with Gasteiger partial charge in [-0.3, -0.25) is 4.79 Å². The Kier molecular flexibility index (Phi) is 11.3. The van der Waals surface area contributed by atoms with Crippen LogP contribution in [0.1, 0.15) is 87.6 Å². The minimum atomic E-state index is -0.657. The number of hydrogen-bond acceptors (Lipinski definition) is 6. The van der Waals surface area contributed by atoms with Gasteiger partial charge in [0, 0.05) is 19.3 Å². The van der Waals surface area contributed by atoms with E-state index in [4.69, 9.17) is 9.47 Å². The van der Waals surface area contributed by atoms with Crippen molar-refractivity contribution in [1.29, 1.82) is 0 Å². The van der Waals surface area contributed by atoms with Crippen molar-refractivity contribution in [1.82, 2.24) is 0 Å². The molecular weight excluding hydrogens is 408 g/mol. The molecule has 0 amide bonds. The Morgan fingerprint density at radius 1 is 1.19 bits per heavy atom. The number of ether oxygens (including phenoxy) is 2. The van der Waals surface area contributed by atoms with Crippen molar-refractivity contribution in [2.24, 2.45) is 5.92 Å². The molecule has 1 aromatic carbocycles. The molecule has 0 aliphatic carbocycles. The van der Waals surface area contributed by atoms with E-state index in [2.05, 4.69) is 6.92 Å². The van der Waals surface area contributed by atoms with Crippen molar-refractivity contribution in [3.63, 3.8) is 0 Å². The van der Waals surface area contributed by atoms with E-state index in [9.17, 15) is 19.8 Å². The molecule has 0 saturated carbocycles. The van der Waals surface area contributed by atoms with Crippen molar-refractivity contribution in [3.05, 3.63) is 41.5 Å². The molecule has 0 aromatic heterocycles. The van der Waals surface area contributed by atoms with E-state index in [1.807, 2.05) is 19.1 Å². The Bertz CT molecular complexity index is 757. The van der Waals surface area contributed by atoms with Crippen LogP contribution in [0.2, 0.25) is 0 Å². The molecule has 1 heterocycles. The van der Waals surface area contributed by atoms with Crippen molar-refractivity contribution < 1.29 is 29.3 Å². The fraction of sp³-hybridized carbons (Fsp3) is 0.615. The topological polar surface area (TPSA) is 93.1 Å². The van der Waals surface area contributed by atoms with Crippen LogP contribution >= 0.6 is 0 Å². The number of aromatic hydroxyl groups is 1. The van der Waals surface area contributed by atoms with Crippen LogP contribution in [-0.2, 0) is 20.7 Å². The number of carbonyl (C=O) groups is 2. The third-order valence-electron chi connectivity index (χ3n) is 5.97. The lowest BCUT2D eigenvalue weighted by Crippen LogP contribution is -2.29. The fourth-order valence-electron chi connectivity index (χ4n) is 3.86. The normalized spacial score (nSPS) is 22.7. The molecule has 6 heteroatoms. The molecule has 3 atom stereocenters. The quantitative estimate of drug-likeness (QED) is 0.311. The van der Waals surface area contributed by atoms with Crippen LogP contribution in [0, 0.1) is 5.92 Å². The predicted molar refractivity (Wildman–Crippen MR) is 124 cm³/mol. The van der Waals surface area contributed by atoms with E-state index in [1.165, 1.54) is 12.5 Å². The zero-order valence-corrected chi connectivity index (χ0v) is 19.4. The Hall–Kier alpha value is -2.34. The molecule has 178 valence electrons. The first-order chi connectivity index (χ1) is 15.4. The molecule has 1 aliphatic heterocycles. The number of aliphatic hydroxyl groups excluding tert-OH is 1. The van der Waals surface area contributed by atoms with Crippen LogP contribution in [-0.4, -0.2) is 41.0 Å². The number of rotatable bonds is 9. The smallest absolute Gasteiger partial charge is 0.342 e. The molecule has 0 bridgehead atoms. The Morgan fingerprint density at radius 3 is 2.75 bits per heavy atom. The summed E-state index contributed by atoms with van der Waals surface area (Å²) in [4.78, 5) is 24.9. The molecule has 1 aromatic rings. The van der Waals surface area contributed by atoms with E-state index in [0.717, 1.165) is 25.7 Å². The third-order valence-corrected chi connectivity index (χ3v) is 5.97. The lowest BCUT2D eigenvalue weighted by Gasteiger charge is -2.25. The van der Waals surface area contributed by atoms with Gasteiger partial charge in [0.25, 0.3) is 0 Å². The van der Waals surface area contributed by atoms with Gasteiger partial charge < -0.3 is 19.7 Å². The molecule has 32 heavy (non-hydrogen) atoms. The number of unbranched alkanes of at least 4 members (excludes halogenated alkanes) is 4. The van der Waals surface area contributed by atoms with Crippen LogP contribution in [0.15, 0.2) is 30.4 Å². The van der Waals surface area contributed by atoms with Crippen LogP contribution < -0.4 is 0 Å². The number of phenols is 1. The lowest BCUT2D eigenvalue weighted by atomic mass is 9.94. The number of benzene rings is 1. The molecule has 2 N–H and O–H groups in total. The summed E-state index contributed by atoms with van der Waals surface area (Å²) < 4.78 is 11.0. The summed E-state index contributed by atoms with van der Waals surface area (Å²) in [5.74, 6) is -0.997. The standard InChI is InChI=1S/C26H38O6/c1-3-4-5-6-7-15-24(29)31-17-16-21-18-23(28)19(2)11-8-9-12-20-13-10-14-22(27)25(20)26(30)32-21/h8-10,13-14,19,21,23,27-28H,3-7,11-12,15-18H2,1-2H3/b9-8+/t19-,21-,23+/m1/s1. The summed E-state index contributed by atoms with van der Waals surface area (Å²) in [5, 5.41) is 20.8. The number of fused-ring (bicyclic) bond motifs is 1. The second kappa shape index (κ2) is 13.9. The monoisotopic (exact) mass is 446 g/mol. The van der Waals surface area contributed by atoms with Gasteiger partial charge in [0.15, 0.2) is 0 Å². The second-order valence-corrected chi connectivity index (χ2v) is 8.70. The van der Waals surface area contributed by atoms with Gasteiger partial charge in [-0.25, -0.2) is 4.79 Å². The van der Waals surface area contributed by atoms with E-state index < -0.39 is 18.2 Å². The van der Waals surface area contributed by atoms with E-state index in [0.29, 0.717) is 31.2 Å². The number of phenolic OH excluding ortho intramolecular Hbond substituents is 1. The van der Waals surface area contributed by atoms with Crippen LogP contribution in [0.5, 0.6) is 5.75 Å². The Morgan fingerprint density at radius 2 is 1.97 bits per heavy atom. The van der Waals surface area contributed by atoms with Crippen molar-refractivity contribution in [2.75, 3.05) is 6.61 Å². The van der Waals surface area contributed by atoms with Crippen LogP contribution in [0.4, 0.5) is 0 Å². The van der Waals surface area contributed by atoms with E-state index >= 15 is 0 Å². The summed E-state index contributed by atoms with van der Waals surface area (Å²) in [5.41, 5.74) is 0.836. The molecule has 0 fully saturated rings. The summed E-state index contributed by atoms with van der Waals surface area (Å²) in [6, 6.07) is 4.96. The first-order valence-electron chi connectivity index (χ1n) is 11.9. The second-order valence-electron chi connectivity index (χ2n) is 8.70. The maximum Gasteiger partial charge on any atom is 0.342 e. The fourth-order valence-corrected chi connectivity index (χ4v) is 3.86. The predicted octanol–water partition coefficient (Wildman–Crippen LogP) is 5.10. The largest absolute Gasteiger partial charge is 0.507 e. The number of allylic oxidation sites excluding steroid dienone is 2. The third kappa shape index (κ3) is 8.65. The maximum atomic E-state index is 12.9. The zero-order chi connectivity index (χ0) is 23.3. The molecule has 6 nitrogen and oxygen atoms in total. The average molecular weight is 447 g/mol. The summed E-state index contributed by atoms with van der Waals surface area (Å²) in [6.45, 7) is 4.23. The van der Waals surface area contributed by atoms with Gasteiger partial charge in [-0.05, 0) is 36.8 Å². The maximum absolute atomic E-state index is 12.9. The molecule has 0 radical (unpaired) electrons. The van der Waals surface area contributed by atoms with Gasteiger partial charge in [0.1, 0.15) is 17.4 Å². The highest BCUT2D eigenvalue weighted by atomic mass is 16.6. The van der Waals surface area contributed by atoms with Crippen molar-refractivity contribution >= 4 is 11.9 Å². The molecule has 0 saturated heterocycles. The van der Waals surface area contributed by atoms with Gasteiger partial charge in [0.05, 0.1) is 12.7 Å². The zero-order valence-electron chi connectivity index (χ0n) is 19.4. The number of hydrogen-bond donors (Lipinski definition) is 2. The van der Waals surface area contributed by atoms with Crippen molar-refractivity contribution in [3.8, 4) is 5.75 Å². The van der Waals surface area contributed by atoms with Gasteiger partial charge in [0.2, 0.25) is 0 Å².